The van der Waals surface area contributed by atoms with E-state index in [1.165, 1.54) is 32.1 Å². The Balaban J connectivity index is 2.10. The predicted octanol–water partition coefficient (Wildman–Crippen LogP) is 2.95. The van der Waals surface area contributed by atoms with Crippen LogP contribution < -0.4 is 5.43 Å². The SMILES string of the molecule is CCN(CC)C(=S)C1=NNC2(CCCCC2)C1C. The van der Waals surface area contributed by atoms with Crippen LogP contribution in [0, 0.1) is 5.92 Å². The van der Waals surface area contributed by atoms with E-state index < -0.39 is 0 Å². The molecule has 4 heteroatoms. The molecule has 1 spiro atoms. The van der Waals surface area contributed by atoms with Crippen LogP contribution in [0.5, 0.6) is 0 Å². The summed E-state index contributed by atoms with van der Waals surface area (Å²) in [7, 11) is 0. The minimum atomic E-state index is 0.199. The molecule has 0 aromatic rings. The maximum atomic E-state index is 5.62. The van der Waals surface area contributed by atoms with Gasteiger partial charge in [-0.05, 0) is 26.7 Å². The predicted molar refractivity (Wildman–Crippen MR) is 81.1 cm³/mol. The lowest BCUT2D eigenvalue weighted by molar-refractivity contribution is 0.214. The van der Waals surface area contributed by atoms with Crippen LogP contribution in [0.15, 0.2) is 5.10 Å². The first-order chi connectivity index (χ1) is 8.64. The molecule has 3 nitrogen and oxygen atoms in total. The summed E-state index contributed by atoms with van der Waals surface area (Å²) >= 11 is 5.62. The van der Waals surface area contributed by atoms with Crippen molar-refractivity contribution in [3.8, 4) is 0 Å². The normalized spacial score (nSPS) is 25.7. The Morgan fingerprint density at radius 3 is 2.50 bits per heavy atom. The quantitative estimate of drug-likeness (QED) is 0.797. The van der Waals surface area contributed by atoms with Gasteiger partial charge in [0.05, 0.1) is 11.3 Å². The standard InChI is InChI=1S/C14H25N3S/c1-4-17(5-2)13(18)12-11(3)14(16-15-12)9-7-6-8-10-14/h11,16H,4-10H2,1-3H3. The summed E-state index contributed by atoms with van der Waals surface area (Å²) in [5.41, 5.74) is 4.74. The van der Waals surface area contributed by atoms with E-state index in [-0.39, 0.29) is 5.54 Å². The zero-order chi connectivity index (χ0) is 13.2. The van der Waals surface area contributed by atoms with Gasteiger partial charge < -0.3 is 10.3 Å². The summed E-state index contributed by atoms with van der Waals surface area (Å²) in [6.45, 7) is 8.53. The molecule has 0 bridgehead atoms. The molecule has 1 unspecified atom stereocenters. The van der Waals surface area contributed by atoms with E-state index >= 15 is 0 Å². The van der Waals surface area contributed by atoms with E-state index in [4.69, 9.17) is 12.2 Å². The van der Waals surface area contributed by atoms with Gasteiger partial charge in [0.2, 0.25) is 0 Å². The third kappa shape index (κ3) is 2.27. The molecule has 18 heavy (non-hydrogen) atoms. The second kappa shape index (κ2) is 5.55. The molecule has 1 saturated carbocycles. The lowest BCUT2D eigenvalue weighted by Crippen LogP contribution is -2.48. The molecule has 0 aromatic carbocycles. The highest BCUT2D eigenvalue weighted by Crippen LogP contribution is 2.38. The molecule has 0 saturated heterocycles. The van der Waals surface area contributed by atoms with E-state index in [1.807, 2.05) is 0 Å². The largest absolute Gasteiger partial charge is 0.362 e. The van der Waals surface area contributed by atoms with Crippen LogP contribution in [0.1, 0.15) is 52.9 Å². The minimum absolute atomic E-state index is 0.199. The number of hydrazone groups is 1. The van der Waals surface area contributed by atoms with Gasteiger partial charge in [0.15, 0.2) is 0 Å². The van der Waals surface area contributed by atoms with Crippen LogP contribution in [-0.4, -0.2) is 34.2 Å². The van der Waals surface area contributed by atoms with Gasteiger partial charge in [0.25, 0.3) is 0 Å². The van der Waals surface area contributed by atoms with Gasteiger partial charge in [-0.15, -0.1) is 0 Å². The van der Waals surface area contributed by atoms with E-state index in [9.17, 15) is 0 Å². The van der Waals surface area contributed by atoms with Crippen molar-refractivity contribution in [2.45, 2.75) is 58.4 Å². The van der Waals surface area contributed by atoms with E-state index in [1.54, 1.807) is 0 Å². The number of hydrogen-bond acceptors (Lipinski definition) is 3. The number of nitrogens with one attached hydrogen (secondary N) is 1. The Morgan fingerprint density at radius 2 is 1.94 bits per heavy atom. The fraction of sp³-hybridized carbons (Fsp3) is 0.857. The van der Waals surface area contributed by atoms with Gasteiger partial charge in [-0.25, -0.2) is 0 Å². The van der Waals surface area contributed by atoms with Gasteiger partial charge >= 0.3 is 0 Å². The average Bonchev–Trinajstić information content (AvgIpc) is 2.70. The van der Waals surface area contributed by atoms with Crippen LogP contribution in [0.4, 0.5) is 0 Å². The highest BCUT2D eigenvalue weighted by molar-refractivity contribution is 7.82. The minimum Gasteiger partial charge on any atom is -0.362 e. The van der Waals surface area contributed by atoms with Crippen LogP contribution in [-0.2, 0) is 0 Å². The Bertz CT molecular complexity index is 341. The first-order valence-corrected chi connectivity index (χ1v) is 7.69. The van der Waals surface area contributed by atoms with Gasteiger partial charge in [-0.1, -0.05) is 38.4 Å². The molecular formula is C14H25N3S. The van der Waals surface area contributed by atoms with E-state index in [0.717, 1.165) is 23.8 Å². The molecule has 102 valence electrons. The summed E-state index contributed by atoms with van der Waals surface area (Å²) in [5, 5.41) is 4.59. The summed E-state index contributed by atoms with van der Waals surface area (Å²) in [5.74, 6) is 0.450. The maximum Gasteiger partial charge on any atom is 0.125 e. The Morgan fingerprint density at radius 1 is 1.33 bits per heavy atom. The molecule has 1 aliphatic heterocycles. The second-order valence-electron chi connectivity index (χ2n) is 5.52. The lowest BCUT2D eigenvalue weighted by atomic mass is 9.73. The van der Waals surface area contributed by atoms with Crippen LogP contribution >= 0.6 is 12.2 Å². The molecule has 2 aliphatic rings. The molecule has 1 fully saturated rings. The fourth-order valence-electron chi connectivity index (χ4n) is 3.26. The Kier molecular flexibility index (Phi) is 4.25. The average molecular weight is 267 g/mol. The summed E-state index contributed by atoms with van der Waals surface area (Å²) in [6.07, 6.45) is 6.48. The highest BCUT2D eigenvalue weighted by Gasteiger charge is 2.45. The van der Waals surface area contributed by atoms with Crippen molar-refractivity contribution in [1.29, 1.82) is 0 Å². The van der Waals surface area contributed by atoms with Crippen molar-refractivity contribution in [3.05, 3.63) is 0 Å². The van der Waals surface area contributed by atoms with Crippen molar-refractivity contribution in [2.75, 3.05) is 13.1 Å². The van der Waals surface area contributed by atoms with Crippen molar-refractivity contribution in [2.24, 2.45) is 11.0 Å². The third-order valence-corrected chi connectivity index (χ3v) is 5.12. The van der Waals surface area contributed by atoms with E-state index in [0.29, 0.717) is 5.92 Å². The Labute approximate surface area is 116 Å². The summed E-state index contributed by atoms with van der Waals surface area (Å²) < 4.78 is 0. The van der Waals surface area contributed by atoms with Crippen molar-refractivity contribution in [3.63, 3.8) is 0 Å². The number of hydrogen-bond donors (Lipinski definition) is 1. The van der Waals surface area contributed by atoms with Gasteiger partial charge in [-0.3, -0.25) is 0 Å². The summed E-state index contributed by atoms with van der Waals surface area (Å²) in [6, 6.07) is 0. The molecule has 0 aromatic heterocycles. The molecule has 1 heterocycles. The smallest absolute Gasteiger partial charge is 0.125 e. The molecule has 1 atom stereocenters. The first kappa shape index (κ1) is 13.8. The van der Waals surface area contributed by atoms with Gasteiger partial charge in [0.1, 0.15) is 4.99 Å². The fourth-order valence-corrected chi connectivity index (χ4v) is 3.74. The lowest BCUT2D eigenvalue weighted by Gasteiger charge is -2.37. The molecular weight excluding hydrogens is 242 g/mol. The van der Waals surface area contributed by atoms with Crippen molar-refractivity contribution < 1.29 is 0 Å². The van der Waals surface area contributed by atoms with Crippen LogP contribution in [0.2, 0.25) is 0 Å². The Hall–Kier alpha value is -0.640. The second-order valence-corrected chi connectivity index (χ2v) is 5.91. The molecule has 0 amide bonds. The van der Waals surface area contributed by atoms with Crippen LogP contribution in [0.25, 0.3) is 0 Å². The number of rotatable bonds is 3. The van der Waals surface area contributed by atoms with Crippen molar-refractivity contribution in [1.82, 2.24) is 10.3 Å². The molecule has 1 aliphatic carbocycles. The van der Waals surface area contributed by atoms with Crippen LogP contribution in [0.3, 0.4) is 0 Å². The number of nitrogens with zero attached hydrogens (tertiary/aromatic N) is 2. The van der Waals surface area contributed by atoms with Gasteiger partial charge in [-0.2, -0.15) is 5.10 Å². The summed E-state index contributed by atoms with van der Waals surface area (Å²) in [4.78, 5) is 3.18. The van der Waals surface area contributed by atoms with E-state index in [2.05, 4.69) is 36.2 Å². The topological polar surface area (TPSA) is 27.6 Å². The molecule has 2 rings (SSSR count). The highest BCUT2D eigenvalue weighted by atomic mass is 32.1. The van der Waals surface area contributed by atoms with Crippen molar-refractivity contribution >= 4 is 22.9 Å². The molecule has 0 radical (unpaired) electrons. The zero-order valence-electron chi connectivity index (χ0n) is 11.8. The zero-order valence-corrected chi connectivity index (χ0v) is 12.6. The molecule has 1 N–H and O–H groups in total. The first-order valence-electron chi connectivity index (χ1n) is 7.28. The van der Waals surface area contributed by atoms with Gasteiger partial charge in [0, 0.05) is 19.0 Å². The maximum absolute atomic E-state index is 5.62. The monoisotopic (exact) mass is 267 g/mol. The number of thiocarbonyl (C=S) groups is 1. The third-order valence-electron chi connectivity index (χ3n) is 4.65.